The molecule has 0 bridgehead atoms. The van der Waals surface area contributed by atoms with Crippen LogP contribution in [-0.4, -0.2) is 72.0 Å². The minimum absolute atomic E-state index is 0.0394. The van der Waals surface area contributed by atoms with Crippen LogP contribution < -0.4 is 0 Å². The number of non-ortho nitro benzene ring substituents is 1. The maximum Gasteiger partial charge on any atom is 0.324 e. The van der Waals surface area contributed by atoms with Crippen LogP contribution in [0.5, 0.6) is 0 Å². The van der Waals surface area contributed by atoms with E-state index < -0.39 is 11.0 Å². The Labute approximate surface area is 156 Å². The molecule has 1 saturated heterocycles. The van der Waals surface area contributed by atoms with Gasteiger partial charge in [-0.1, -0.05) is 0 Å². The number of urea groups is 1. The first-order chi connectivity index (χ1) is 12.8. The van der Waals surface area contributed by atoms with Crippen molar-refractivity contribution in [1.82, 2.24) is 14.7 Å². The van der Waals surface area contributed by atoms with E-state index in [-0.39, 0.29) is 17.6 Å². The van der Waals surface area contributed by atoms with E-state index in [1.54, 1.807) is 38.1 Å². The summed E-state index contributed by atoms with van der Waals surface area (Å²) in [4.78, 5) is 41.0. The third-order valence-corrected chi connectivity index (χ3v) is 5.09. The van der Waals surface area contributed by atoms with Crippen molar-refractivity contribution in [2.45, 2.75) is 13.0 Å². The van der Waals surface area contributed by atoms with Crippen LogP contribution in [0.4, 0.5) is 10.5 Å². The van der Waals surface area contributed by atoms with Crippen molar-refractivity contribution in [1.29, 1.82) is 0 Å². The van der Waals surface area contributed by atoms with Crippen molar-refractivity contribution in [3.8, 4) is 0 Å². The first-order valence-corrected chi connectivity index (χ1v) is 8.65. The van der Waals surface area contributed by atoms with E-state index >= 15 is 0 Å². The molecule has 1 aromatic rings. The number of amides is 3. The van der Waals surface area contributed by atoms with Crippen LogP contribution in [0.15, 0.2) is 35.5 Å². The molecule has 0 aliphatic carbocycles. The molecule has 9 heteroatoms. The third kappa shape index (κ3) is 3.37. The highest BCUT2D eigenvalue weighted by Gasteiger charge is 2.40. The van der Waals surface area contributed by atoms with Gasteiger partial charge in [0.15, 0.2) is 0 Å². The molecule has 3 amide bonds. The predicted octanol–water partition coefficient (Wildman–Crippen LogP) is 1.77. The summed E-state index contributed by atoms with van der Waals surface area (Å²) in [6.07, 6.45) is 0. The molecular weight excluding hydrogens is 352 g/mol. The first kappa shape index (κ1) is 18.8. The maximum absolute atomic E-state index is 13.3. The topological polar surface area (TPSA) is 96.2 Å². The average Bonchev–Trinajstić information content (AvgIpc) is 2.69. The van der Waals surface area contributed by atoms with Gasteiger partial charge in [-0.25, -0.2) is 4.79 Å². The number of carbonyl (C=O) groups is 2. The number of allylic oxidation sites excluding steroid dienone is 1. The molecule has 1 fully saturated rings. The van der Waals surface area contributed by atoms with Crippen molar-refractivity contribution in [2.24, 2.45) is 0 Å². The summed E-state index contributed by atoms with van der Waals surface area (Å²) in [6, 6.07) is 5.12. The molecule has 0 N–H and O–H groups in total. The minimum atomic E-state index is -0.607. The van der Waals surface area contributed by atoms with Gasteiger partial charge >= 0.3 is 6.03 Å². The van der Waals surface area contributed by atoms with Gasteiger partial charge < -0.3 is 19.4 Å². The molecular formula is C18H22N4O5. The lowest BCUT2D eigenvalue weighted by Crippen LogP contribution is -2.50. The van der Waals surface area contributed by atoms with Crippen LogP contribution in [-0.2, 0) is 9.53 Å². The minimum Gasteiger partial charge on any atom is -0.378 e. The fourth-order valence-electron chi connectivity index (χ4n) is 3.44. The lowest BCUT2D eigenvalue weighted by Gasteiger charge is -2.41. The smallest absolute Gasteiger partial charge is 0.324 e. The Morgan fingerprint density at radius 1 is 1.19 bits per heavy atom. The van der Waals surface area contributed by atoms with Crippen LogP contribution in [0, 0.1) is 10.1 Å². The number of ether oxygens (including phenoxy) is 1. The molecule has 144 valence electrons. The number of hydrogen-bond acceptors (Lipinski definition) is 5. The largest absolute Gasteiger partial charge is 0.378 e. The van der Waals surface area contributed by atoms with E-state index in [4.69, 9.17) is 4.74 Å². The van der Waals surface area contributed by atoms with Crippen LogP contribution in [0.3, 0.4) is 0 Å². The summed E-state index contributed by atoms with van der Waals surface area (Å²) in [5, 5.41) is 10.9. The van der Waals surface area contributed by atoms with Gasteiger partial charge in [0, 0.05) is 45.0 Å². The van der Waals surface area contributed by atoms with E-state index in [1.165, 1.54) is 21.9 Å². The number of likely N-dealkylation sites (N-methyl/N-ethyl adjacent to an activating group) is 1. The Morgan fingerprint density at radius 2 is 1.78 bits per heavy atom. The van der Waals surface area contributed by atoms with Crippen molar-refractivity contribution in [3.05, 3.63) is 51.2 Å². The number of nitro benzene ring substituents is 1. The van der Waals surface area contributed by atoms with E-state index in [0.29, 0.717) is 43.1 Å². The molecule has 1 atom stereocenters. The van der Waals surface area contributed by atoms with Crippen LogP contribution >= 0.6 is 0 Å². The van der Waals surface area contributed by atoms with E-state index in [0.717, 1.165) is 0 Å². The average molecular weight is 374 g/mol. The lowest BCUT2D eigenvalue weighted by molar-refractivity contribution is -0.384. The Morgan fingerprint density at radius 3 is 2.33 bits per heavy atom. The second kappa shape index (κ2) is 7.36. The number of nitro groups is 1. The molecule has 1 aromatic carbocycles. The molecule has 0 aromatic heterocycles. The molecule has 0 radical (unpaired) electrons. The highest BCUT2D eigenvalue weighted by molar-refractivity contribution is 5.98. The number of morpholine rings is 1. The number of rotatable bonds is 3. The van der Waals surface area contributed by atoms with Crippen molar-refractivity contribution >= 4 is 17.6 Å². The lowest BCUT2D eigenvalue weighted by atomic mass is 9.92. The summed E-state index contributed by atoms with van der Waals surface area (Å²) in [5.74, 6) is -0.148. The maximum atomic E-state index is 13.3. The molecule has 0 saturated carbocycles. The fourth-order valence-corrected chi connectivity index (χ4v) is 3.44. The zero-order valence-electron chi connectivity index (χ0n) is 15.5. The second-order valence-corrected chi connectivity index (χ2v) is 6.61. The van der Waals surface area contributed by atoms with Crippen molar-refractivity contribution in [2.75, 3.05) is 40.4 Å². The normalized spacial score (nSPS) is 20.9. The van der Waals surface area contributed by atoms with Gasteiger partial charge in [-0.15, -0.1) is 0 Å². The molecule has 0 unspecified atom stereocenters. The van der Waals surface area contributed by atoms with E-state index in [1.807, 2.05) is 0 Å². The first-order valence-electron chi connectivity index (χ1n) is 8.65. The van der Waals surface area contributed by atoms with E-state index in [9.17, 15) is 19.7 Å². The number of benzene rings is 1. The van der Waals surface area contributed by atoms with Gasteiger partial charge in [0.25, 0.3) is 11.6 Å². The summed E-state index contributed by atoms with van der Waals surface area (Å²) in [5.41, 5.74) is 1.69. The van der Waals surface area contributed by atoms with Gasteiger partial charge in [0.05, 0.1) is 29.8 Å². The summed E-state index contributed by atoms with van der Waals surface area (Å²) in [6.45, 7) is 3.68. The number of carbonyl (C=O) groups excluding carboxylic acids is 2. The molecule has 27 heavy (non-hydrogen) atoms. The Kier molecular flexibility index (Phi) is 5.13. The quantitative estimate of drug-likeness (QED) is 0.593. The molecule has 9 nitrogen and oxygen atoms in total. The zero-order valence-corrected chi connectivity index (χ0v) is 15.5. The highest BCUT2D eigenvalue weighted by atomic mass is 16.6. The fraction of sp³-hybridized carbons (Fsp3) is 0.444. The monoisotopic (exact) mass is 374 g/mol. The summed E-state index contributed by atoms with van der Waals surface area (Å²) >= 11 is 0. The molecule has 2 aliphatic rings. The zero-order chi connectivity index (χ0) is 19.7. The number of nitrogens with zero attached hydrogens (tertiary/aromatic N) is 4. The second-order valence-electron chi connectivity index (χ2n) is 6.61. The van der Waals surface area contributed by atoms with Gasteiger partial charge in [-0.2, -0.15) is 0 Å². The van der Waals surface area contributed by atoms with Crippen LogP contribution in [0.25, 0.3) is 0 Å². The van der Waals surface area contributed by atoms with Crippen molar-refractivity contribution in [3.63, 3.8) is 0 Å². The van der Waals surface area contributed by atoms with Crippen LogP contribution in [0.1, 0.15) is 18.5 Å². The molecule has 0 spiro atoms. The Balaban J connectivity index is 2.05. The van der Waals surface area contributed by atoms with Gasteiger partial charge in [-0.3, -0.25) is 14.9 Å². The van der Waals surface area contributed by atoms with Gasteiger partial charge in [0.1, 0.15) is 0 Å². The SMILES string of the molecule is CC1=C(C(=O)N2CCOCC2)[C@H](c2ccc([N+](=O)[O-])cc2)N(C)C(=O)N1C. The van der Waals surface area contributed by atoms with Crippen LogP contribution in [0.2, 0.25) is 0 Å². The summed E-state index contributed by atoms with van der Waals surface area (Å²) in [7, 11) is 3.26. The van der Waals surface area contributed by atoms with E-state index in [2.05, 4.69) is 0 Å². The van der Waals surface area contributed by atoms with Gasteiger partial charge in [-0.05, 0) is 24.6 Å². The molecule has 2 aliphatic heterocycles. The summed E-state index contributed by atoms with van der Waals surface area (Å²) < 4.78 is 5.32. The number of hydrogen-bond donors (Lipinski definition) is 0. The molecule has 3 rings (SSSR count). The van der Waals surface area contributed by atoms with Crippen molar-refractivity contribution < 1.29 is 19.2 Å². The van der Waals surface area contributed by atoms with Gasteiger partial charge in [0.2, 0.25) is 0 Å². The highest BCUT2D eigenvalue weighted by Crippen LogP contribution is 2.37. The molecule has 2 heterocycles. The Bertz CT molecular complexity index is 798. The predicted molar refractivity (Wildman–Crippen MR) is 96.9 cm³/mol. The third-order valence-electron chi connectivity index (χ3n) is 5.09. The Hall–Kier alpha value is -2.94. The standard InChI is InChI=1S/C18H22N4O5/c1-12-15(17(23)21-8-10-27-11-9-21)16(20(3)18(24)19(12)2)13-4-6-14(7-5-13)22(25)26/h4-7,16H,8-11H2,1-3H3/t16-/m0/s1.